The number of hydrogen-bond donors (Lipinski definition) is 0. The molecule has 2 heteroatoms. The highest BCUT2D eigenvalue weighted by Gasteiger charge is 1.61. The number of rotatable bonds is 0. The van der Waals surface area contributed by atoms with Crippen molar-refractivity contribution >= 4 is 11.7 Å². The lowest BCUT2D eigenvalue weighted by Gasteiger charge is -1.69. The van der Waals surface area contributed by atoms with Crippen molar-refractivity contribution in [2.75, 3.05) is 0 Å². The van der Waals surface area contributed by atoms with Gasteiger partial charge in [-0.25, -0.2) is 9.98 Å². The minimum atomic E-state index is 1.55. The summed E-state index contributed by atoms with van der Waals surface area (Å²) < 4.78 is 0. The topological polar surface area (TPSA) is 24.7 Å². The van der Waals surface area contributed by atoms with Gasteiger partial charge in [0, 0.05) is 12.2 Å². The molecule has 8 heavy (non-hydrogen) atoms. The average Bonchev–Trinajstić information content (AvgIpc) is 1.62. The molecule has 1 aliphatic heterocycles. The summed E-state index contributed by atoms with van der Waals surface area (Å²) in [6.45, 7) is 0. The molecule has 0 aromatic carbocycles. The second-order valence-corrected chi connectivity index (χ2v) is 1.15. The molecule has 0 atom stereocenters. The first-order valence-corrected chi connectivity index (χ1v) is 2.21. The molecule has 0 saturated carbocycles. The Hall–Kier alpha value is -1.36. The van der Waals surface area contributed by atoms with Crippen molar-refractivity contribution in [3.05, 3.63) is 24.6 Å². The Bertz CT molecular complexity index is 187. The summed E-state index contributed by atoms with van der Waals surface area (Å²) in [4.78, 5) is 7.36. The fourth-order valence-corrected chi connectivity index (χ4v) is 0.313. The van der Waals surface area contributed by atoms with E-state index in [9.17, 15) is 0 Å². The zero-order valence-corrected chi connectivity index (χ0v) is 4.20. The first kappa shape index (κ1) is 4.79. The van der Waals surface area contributed by atoms with Crippen LogP contribution in [0.5, 0.6) is 0 Å². The smallest absolute Gasteiger partial charge is 0.0559 e. The summed E-state index contributed by atoms with van der Waals surface area (Å²) in [6.07, 6.45) is 6.40. The lowest BCUT2D eigenvalue weighted by Crippen LogP contribution is -1.58. The van der Waals surface area contributed by atoms with Gasteiger partial charge >= 0.3 is 0 Å². The van der Waals surface area contributed by atoms with E-state index in [0.29, 0.717) is 0 Å². The van der Waals surface area contributed by atoms with Crippen LogP contribution in [0.2, 0.25) is 0 Å². The van der Waals surface area contributed by atoms with Crippen LogP contribution in [0.4, 0.5) is 0 Å². The second kappa shape index (κ2) is 2.75. The highest BCUT2D eigenvalue weighted by Crippen LogP contribution is 1.75. The molecule has 0 spiro atoms. The summed E-state index contributed by atoms with van der Waals surface area (Å²) in [5.41, 5.74) is 0. The molecule has 0 aliphatic carbocycles. The van der Waals surface area contributed by atoms with E-state index in [1.165, 1.54) is 0 Å². The third kappa shape index (κ3) is 1.39. The maximum atomic E-state index is 3.68. The van der Waals surface area contributed by atoms with Gasteiger partial charge in [0.05, 0.1) is 12.4 Å². The van der Waals surface area contributed by atoms with Crippen LogP contribution in [0.3, 0.4) is 0 Å². The molecule has 0 aromatic rings. The molecule has 0 N–H and O–H groups in total. The molecule has 0 saturated heterocycles. The molecule has 0 fully saturated rings. The van der Waals surface area contributed by atoms with E-state index in [1.807, 2.05) is 0 Å². The van der Waals surface area contributed by atoms with E-state index < -0.39 is 0 Å². The Morgan fingerprint density at radius 2 is 1.38 bits per heavy atom. The lowest BCUT2D eigenvalue weighted by molar-refractivity contribution is 1.50. The summed E-state index contributed by atoms with van der Waals surface area (Å²) >= 11 is 0. The van der Waals surface area contributed by atoms with Gasteiger partial charge in [0.2, 0.25) is 0 Å². The monoisotopic (exact) mass is 104 g/mol. The Balaban J connectivity index is 2.98. The van der Waals surface area contributed by atoms with Crippen molar-refractivity contribution in [3.63, 3.8) is 0 Å². The first-order valence-electron chi connectivity index (χ1n) is 2.21. The van der Waals surface area contributed by atoms with E-state index in [1.54, 1.807) is 24.6 Å². The van der Waals surface area contributed by atoms with Crippen molar-refractivity contribution in [2.24, 2.45) is 9.98 Å². The summed E-state index contributed by atoms with van der Waals surface area (Å²) in [5, 5.41) is 0. The van der Waals surface area contributed by atoms with Gasteiger partial charge in [-0.15, -0.1) is 0 Å². The Morgan fingerprint density at radius 3 is 1.88 bits per heavy atom. The second-order valence-electron chi connectivity index (χ2n) is 1.15. The van der Waals surface area contributed by atoms with Crippen molar-refractivity contribution < 1.29 is 0 Å². The van der Waals surface area contributed by atoms with Crippen LogP contribution < -0.4 is 0 Å². The molecule has 1 rings (SSSR count). The normalized spacial score (nSPS) is 14.0. The molecule has 2 nitrogen and oxygen atoms in total. The maximum absolute atomic E-state index is 3.68. The number of aliphatic imine (C=N–C) groups is 2. The lowest BCUT2D eigenvalue weighted by atomic mass is 10.6. The minimum Gasteiger partial charge on any atom is -0.213 e. The van der Waals surface area contributed by atoms with Gasteiger partial charge in [-0.1, -0.05) is 0 Å². The minimum absolute atomic E-state index is 1.55. The largest absolute Gasteiger partial charge is 0.213 e. The summed E-state index contributed by atoms with van der Waals surface area (Å²) in [6, 6.07) is 0. The van der Waals surface area contributed by atoms with E-state index in [-0.39, 0.29) is 0 Å². The molecule has 38 valence electrons. The van der Waals surface area contributed by atoms with Crippen molar-refractivity contribution in [3.8, 4) is 0 Å². The molecule has 0 bridgehead atoms. The van der Waals surface area contributed by atoms with Gasteiger partial charge in [0.25, 0.3) is 0 Å². The van der Waals surface area contributed by atoms with Crippen molar-refractivity contribution in [2.45, 2.75) is 0 Å². The van der Waals surface area contributed by atoms with Gasteiger partial charge in [-0.2, -0.15) is 0 Å². The van der Waals surface area contributed by atoms with Gasteiger partial charge in [0.1, 0.15) is 0 Å². The van der Waals surface area contributed by atoms with Gasteiger partial charge in [-0.05, 0) is 11.7 Å². The highest BCUT2D eigenvalue weighted by atomic mass is 14.7. The van der Waals surface area contributed by atoms with Crippen LogP contribution in [0.25, 0.3) is 0 Å². The Labute approximate surface area is 47.3 Å². The van der Waals surface area contributed by atoms with Gasteiger partial charge in [0.15, 0.2) is 0 Å². The fourth-order valence-electron chi connectivity index (χ4n) is 0.313. The molecule has 1 aliphatic rings. The van der Waals surface area contributed by atoms with E-state index in [0.717, 1.165) is 0 Å². The average molecular weight is 104 g/mol. The van der Waals surface area contributed by atoms with Crippen LogP contribution in [0.1, 0.15) is 0 Å². The number of allylic oxidation sites excluding steroid dienone is 2. The molecular weight excluding hydrogens is 100 g/mol. The first-order chi connectivity index (χ1) is 4.00. The highest BCUT2D eigenvalue weighted by molar-refractivity contribution is 5.65. The molecule has 1 heterocycles. The Kier molecular flexibility index (Phi) is 1.65. The Morgan fingerprint density at radius 1 is 0.875 bits per heavy atom. The standard InChI is InChI=1S/C6H4N2/c1-2-4-8-6-5-7-3-1/h1-2,5-6H. The summed E-state index contributed by atoms with van der Waals surface area (Å²) in [5.74, 6) is 5.24. The predicted octanol–water partition coefficient (Wildman–Crippen LogP) is 0.923. The van der Waals surface area contributed by atoms with E-state index >= 15 is 0 Å². The zero-order chi connectivity index (χ0) is 5.66. The molecule has 0 unspecified atom stereocenters. The molecule has 0 aromatic heterocycles. The SMILES string of the molecule is C1=CC=C=NC=CN=1. The third-order valence-corrected chi connectivity index (χ3v) is 0.597. The molecule has 0 amide bonds. The van der Waals surface area contributed by atoms with E-state index in [2.05, 4.69) is 21.7 Å². The van der Waals surface area contributed by atoms with Crippen molar-refractivity contribution in [1.82, 2.24) is 0 Å². The fraction of sp³-hybridized carbons (Fsp3) is 0. The molecular formula is C6H4N2. The number of hydrogen-bond acceptors (Lipinski definition) is 2. The van der Waals surface area contributed by atoms with Gasteiger partial charge in [-0.3, -0.25) is 0 Å². The number of nitrogens with zero attached hydrogens (tertiary/aromatic N) is 2. The predicted molar refractivity (Wildman–Crippen MR) is 33.1 cm³/mol. The van der Waals surface area contributed by atoms with Crippen molar-refractivity contribution in [1.29, 1.82) is 0 Å². The van der Waals surface area contributed by atoms with Crippen LogP contribution in [-0.2, 0) is 0 Å². The van der Waals surface area contributed by atoms with E-state index in [4.69, 9.17) is 0 Å². The van der Waals surface area contributed by atoms with Crippen LogP contribution in [0, 0.1) is 0 Å². The van der Waals surface area contributed by atoms with Crippen LogP contribution in [0.15, 0.2) is 34.5 Å². The van der Waals surface area contributed by atoms with Crippen LogP contribution >= 0.6 is 0 Å². The summed E-state index contributed by atoms with van der Waals surface area (Å²) in [7, 11) is 0. The van der Waals surface area contributed by atoms with Gasteiger partial charge < -0.3 is 0 Å². The third-order valence-electron chi connectivity index (χ3n) is 0.597. The maximum Gasteiger partial charge on any atom is 0.0559 e. The van der Waals surface area contributed by atoms with Crippen LogP contribution in [-0.4, -0.2) is 11.7 Å². The zero-order valence-electron chi connectivity index (χ0n) is 4.20. The molecule has 0 radical (unpaired) electrons. The quantitative estimate of drug-likeness (QED) is 0.436.